The van der Waals surface area contributed by atoms with E-state index < -0.39 is 0 Å². The Morgan fingerprint density at radius 2 is 1.66 bits per heavy atom. The summed E-state index contributed by atoms with van der Waals surface area (Å²) in [6.45, 7) is 6.95. The Hall–Kier alpha value is -2.53. The molecule has 0 bridgehead atoms. The zero-order chi connectivity index (χ0) is 20.8. The molecule has 5 heteroatoms. The van der Waals surface area contributed by atoms with E-state index in [0.29, 0.717) is 12.1 Å². The molecule has 0 unspecified atom stereocenters. The van der Waals surface area contributed by atoms with Crippen LogP contribution in [-0.2, 0) is 0 Å². The van der Waals surface area contributed by atoms with Crippen molar-refractivity contribution in [3.63, 3.8) is 0 Å². The van der Waals surface area contributed by atoms with Gasteiger partial charge in [0.1, 0.15) is 11.8 Å². The molecule has 2 aromatic rings. The van der Waals surface area contributed by atoms with Gasteiger partial charge in [-0.3, -0.25) is 4.79 Å². The molecule has 0 spiro atoms. The van der Waals surface area contributed by atoms with Gasteiger partial charge in [0.05, 0.1) is 25.7 Å². The van der Waals surface area contributed by atoms with E-state index in [1.165, 1.54) is 24.1 Å². The molecule has 1 heterocycles. The predicted octanol–water partition coefficient (Wildman–Crippen LogP) is 2.69. The van der Waals surface area contributed by atoms with Crippen LogP contribution in [0.5, 0.6) is 5.75 Å². The van der Waals surface area contributed by atoms with Gasteiger partial charge in [-0.25, -0.2) is 0 Å². The highest BCUT2D eigenvalue weighted by Crippen LogP contribution is 2.18. The van der Waals surface area contributed by atoms with Crippen molar-refractivity contribution < 1.29 is 14.4 Å². The van der Waals surface area contributed by atoms with Gasteiger partial charge in [0.15, 0.2) is 0 Å². The molecular formula is C24H34N3O2+. The van der Waals surface area contributed by atoms with Crippen LogP contribution in [0.2, 0.25) is 0 Å². The highest BCUT2D eigenvalue weighted by atomic mass is 16.5. The molecule has 29 heavy (non-hydrogen) atoms. The Morgan fingerprint density at radius 1 is 1.03 bits per heavy atom. The average molecular weight is 397 g/mol. The lowest BCUT2D eigenvalue weighted by molar-refractivity contribution is -0.918. The Bertz CT molecular complexity index is 779. The fraction of sp³-hybridized carbons (Fsp3) is 0.458. The summed E-state index contributed by atoms with van der Waals surface area (Å²) in [7, 11) is 4.10. The lowest BCUT2D eigenvalue weighted by Crippen LogP contribution is -3.11. The standard InChI is InChI=1S/C24H33N3O2/c1-18(2)29-22-13-9-20(10-14-22)24(28)25-17-23(27-15-5-6-16-27)19-7-11-21(12-8-19)26(3)4/h7-14,18,23H,5-6,15-17H2,1-4H3,(H,25,28)/p+1/t23-/m1/s1. The molecule has 1 aliphatic heterocycles. The summed E-state index contributed by atoms with van der Waals surface area (Å²) in [5.74, 6) is 0.756. The van der Waals surface area contributed by atoms with E-state index in [1.54, 1.807) is 4.90 Å². The highest BCUT2D eigenvalue weighted by molar-refractivity contribution is 5.94. The number of benzene rings is 2. The Kier molecular flexibility index (Phi) is 7.15. The van der Waals surface area contributed by atoms with Crippen molar-refractivity contribution in [3.05, 3.63) is 59.7 Å². The third-order valence-corrected chi connectivity index (χ3v) is 5.51. The maximum absolute atomic E-state index is 12.7. The number of hydrogen-bond acceptors (Lipinski definition) is 3. The predicted molar refractivity (Wildman–Crippen MR) is 118 cm³/mol. The minimum absolute atomic E-state index is 0.0328. The van der Waals surface area contributed by atoms with Gasteiger partial charge >= 0.3 is 0 Å². The number of carbonyl (C=O) groups is 1. The molecule has 0 aliphatic carbocycles. The maximum atomic E-state index is 12.7. The van der Waals surface area contributed by atoms with Gasteiger partial charge in [-0.05, 0) is 50.2 Å². The lowest BCUT2D eigenvalue weighted by Gasteiger charge is -2.26. The fourth-order valence-corrected chi connectivity index (χ4v) is 3.93. The van der Waals surface area contributed by atoms with Gasteiger partial charge in [0.25, 0.3) is 5.91 Å². The summed E-state index contributed by atoms with van der Waals surface area (Å²) in [5.41, 5.74) is 3.14. The Balaban J connectivity index is 1.67. The molecule has 5 nitrogen and oxygen atoms in total. The van der Waals surface area contributed by atoms with Gasteiger partial charge in [-0.1, -0.05) is 12.1 Å². The number of amides is 1. The molecule has 2 N–H and O–H groups in total. The number of likely N-dealkylation sites (tertiary alicyclic amines) is 1. The SMILES string of the molecule is CC(C)Oc1ccc(C(=O)NC[C@H](c2ccc(N(C)C)cc2)[NH+]2CCCC2)cc1. The minimum Gasteiger partial charge on any atom is -0.491 e. The van der Waals surface area contributed by atoms with E-state index in [1.807, 2.05) is 38.1 Å². The molecule has 1 aliphatic rings. The van der Waals surface area contributed by atoms with Gasteiger partial charge in [0, 0.05) is 43.8 Å². The number of ether oxygens (including phenoxy) is 1. The van der Waals surface area contributed by atoms with Crippen molar-refractivity contribution in [2.45, 2.75) is 38.8 Å². The minimum atomic E-state index is -0.0328. The second-order valence-electron chi connectivity index (χ2n) is 8.30. The lowest BCUT2D eigenvalue weighted by atomic mass is 10.0. The van der Waals surface area contributed by atoms with E-state index in [2.05, 4.69) is 48.6 Å². The van der Waals surface area contributed by atoms with Crippen LogP contribution in [0.4, 0.5) is 5.69 Å². The van der Waals surface area contributed by atoms with Crippen LogP contribution in [0.3, 0.4) is 0 Å². The number of hydrogen-bond donors (Lipinski definition) is 2. The van der Waals surface area contributed by atoms with E-state index in [9.17, 15) is 4.79 Å². The zero-order valence-corrected chi connectivity index (χ0v) is 18.1. The molecule has 0 saturated carbocycles. The van der Waals surface area contributed by atoms with Gasteiger partial charge in [-0.15, -0.1) is 0 Å². The Morgan fingerprint density at radius 3 is 2.21 bits per heavy atom. The molecule has 1 atom stereocenters. The van der Waals surface area contributed by atoms with Crippen molar-refractivity contribution in [2.75, 3.05) is 38.6 Å². The molecule has 1 saturated heterocycles. The van der Waals surface area contributed by atoms with Crippen LogP contribution >= 0.6 is 0 Å². The topological polar surface area (TPSA) is 46.0 Å². The van der Waals surface area contributed by atoms with Crippen LogP contribution in [0, 0.1) is 0 Å². The Labute approximate surface area is 174 Å². The van der Waals surface area contributed by atoms with Crippen LogP contribution in [0.15, 0.2) is 48.5 Å². The van der Waals surface area contributed by atoms with Crippen molar-refractivity contribution in [1.82, 2.24) is 5.32 Å². The van der Waals surface area contributed by atoms with E-state index >= 15 is 0 Å². The second-order valence-corrected chi connectivity index (χ2v) is 8.30. The number of nitrogens with one attached hydrogen (secondary N) is 2. The first kappa shape index (κ1) is 21.2. The summed E-state index contributed by atoms with van der Waals surface area (Å²) < 4.78 is 5.66. The van der Waals surface area contributed by atoms with Crippen LogP contribution < -0.4 is 19.9 Å². The summed E-state index contributed by atoms with van der Waals surface area (Å²) in [6, 6.07) is 16.4. The first-order chi connectivity index (χ1) is 13.9. The molecule has 1 fully saturated rings. The highest BCUT2D eigenvalue weighted by Gasteiger charge is 2.28. The molecule has 1 amide bonds. The van der Waals surface area contributed by atoms with Crippen LogP contribution in [0.1, 0.15) is 48.7 Å². The molecular weight excluding hydrogens is 362 g/mol. The quantitative estimate of drug-likeness (QED) is 0.721. The van der Waals surface area contributed by atoms with E-state index in [4.69, 9.17) is 4.74 Å². The molecule has 0 aromatic heterocycles. The fourth-order valence-electron chi connectivity index (χ4n) is 3.93. The molecule has 156 valence electrons. The van der Waals surface area contributed by atoms with Crippen LogP contribution in [0.25, 0.3) is 0 Å². The van der Waals surface area contributed by atoms with Crippen molar-refractivity contribution in [1.29, 1.82) is 0 Å². The first-order valence-electron chi connectivity index (χ1n) is 10.6. The third kappa shape index (κ3) is 5.73. The van der Waals surface area contributed by atoms with E-state index in [0.717, 1.165) is 18.8 Å². The smallest absolute Gasteiger partial charge is 0.251 e. The number of anilines is 1. The van der Waals surface area contributed by atoms with Gasteiger partial charge in [0.2, 0.25) is 0 Å². The monoisotopic (exact) mass is 396 g/mol. The zero-order valence-electron chi connectivity index (χ0n) is 18.1. The largest absolute Gasteiger partial charge is 0.491 e. The third-order valence-electron chi connectivity index (χ3n) is 5.51. The molecule has 2 aromatic carbocycles. The number of nitrogens with zero attached hydrogens (tertiary/aromatic N) is 1. The summed E-state index contributed by atoms with van der Waals surface area (Å²) in [4.78, 5) is 16.4. The summed E-state index contributed by atoms with van der Waals surface area (Å²) >= 11 is 0. The average Bonchev–Trinajstić information content (AvgIpc) is 3.23. The molecule has 3 rings (SSSR count). The van der Waals surface area contributed by atoms with Crippen molar-refractivity contribution in [2.24, 2.45) is 0 Å². The first-order valence-corrected chi connectivity index (χ1v) is 10.6. The normalized spacial score (nSPS) is 15.3. The van der Waals surface area contributed by atoms with Crippen molar-refractivity contribution in [3.8, 4) is 5.75 Å². The number of carbonyl (C=O) groups excluding carboxylic acids is 1. The number of quaternary nitrogens is 1. The van der Waals surface area contributed by atoms with Gasteiger partial charge in [-0.2, -0.15) is 0 Å². The molecule has 0 radical (unpaired) electrons. The second kappa shape index (κ2) is 9.79. The van der Waals surface area contributed by atoms with E-state index in [-0.39, 0.29) is 18.1 Å². The number of rotatable bonds is 8. The van der Waals surface area contributed by atoms with Gasteiger partial charge < -0.3 is 19.9 Å². The summed E-state index contributed by atoms with van der Waals surface area (Å²) in [6.07, 6.45) is 2.64. The maximum Gasteiger partial charge on any atom is 0.251 e. The summed E-state index contributed by atoms with van der Waals surface area (Å²) in [5, 5.41) is 3.16. The van der Waals surface area contributed by atoms with Crippen molar-refractivity contribution >= 4 is 11.6 Å². The van der Waals surface area contributed by atoms with Crippen LogP contribution in [-0.4, -0.2) is 45.7 Å².